The largest absolute Gasteiger partial charge is 0.586 e. The highest BCUT2D eigenvalue weighted by Crippen LogP contribution is 2.42. The number of anilines is 2. The van der Waals surface area contributed by atoms with Crippen molar-refractivity contribution in [1.82, 2.24) is 0 Å². The zero-order valence-electron chi connectivity index (χ0n) is 10.9. The van der Waals surface area contributed by atoms with E-state index < -0.39 is 18.0 Å². The summed E-state index contributed by atoms with van der Waals surface area (Å²) in [5.41, 5.74) is 5.80. The number of nitrogens with one attached hydrogen (secondary N) is 1. The van der Waals surface area contributed by atoms with Gasteiger partial charge in [0.1, 0.15) is 5.82 Å². The van der Waals surface area contributed by atoms with Gasteiger partial charge in [0.15, 0.2) is 11.5 Å². The molecule has 0 atom stereocenters. The second-order valence-corrected chi connectivity index (χ2v) is 4.51. The lowest BCUT2D eigenvalue weighted by atomic mass is 10.1. The molecule has 114 valence electrons. The monoisotopic (exact) mass is 310 g/mol. The first kappa shape index (κ1) is 14.1. The van der Waals surface area contributed by atoms with Crippen molar-refractivity contribution in [2.24, 2.45) is 0 Å². The van der Waals surface area contributed by atoms with Crippen molar-refractivity contribution in [3.8, 4) is 11.5 Å². The Bertz CT molecular complexity index is 765. The molecule has 1 aliphatic heterocycles. The molecule has 0 saturated heterocycles. The molecule has 1 heterocycles. The Morgan fingerprint density at radius 1 is 1.09 bits per heavy atom. The van der Waals surface area contributed by atoms with Gasteiger partial charge in [0.05, 0.1) is 5.56 Å². The molecule has 1 amide bonds. The maximum absolute atomic E-state index is 13.2. The molecule has 0 fully saturated rings. The van der Waals surface area contributed by atoms with Crippen molar-refractivity contribution < 1.29 is 27.4 Å². The van der Waals surface area contributed by atoms with E-state index in [1.807, 2.05) is 0 Å². The zero-order valence-corrected chi connectivity index (χ0v) is 10.9. The van der Waals surface area contributed by atoms with E-state index in [0.717, 1.165) is 12.1 Å². The fourth-order valence-electron chi connectivity index (χ4n) is 1.95. The number of hydrogen-bond acceptors (Lipinski definition) is 4. The van der Waals surface area contributed by atoms with Crippen molar-refractivity contribution in [2.45, 2.75) is 6.29 Å². The number of amides is 1. The molecule has 3 rings (SSSR count). The third-order valence-corrected chi connectivity index (χ3v) is 2.92. The minimum absolute atomic E-state index is 0.0667. The number of rotatable bonds is 2. The molecule has 8 heteroatoms. The highest BCUT2D eigenvalue weighted by molar-refractivity contribution is 6.07. The average Bonchev–Trinajstić information content (AvgIpc) is 2.74. The Morgan fingerprint density at radius 2 is 1.82 bits per heavy atom. The van der Waals surface area contributed by atoms with Crippen LogP contribution in [0.4, 0.5) is 24.5 Å². The smallest absolute Gasteiger partial charge is 0.398 e. The number of ether oxygens (including phenoxy) is 2. The van der Waals surface area contributed by atoms with Gasteiger partial charge in [-0.1, -0.05) is 0 Å². The number of benzene rings is 2. The number of alkyl halides is 2. The van der Waals surface area contributed by atoms with Crippen molar-refractivity contribution in [1.29, 1.82) is 0 Å². The van der Waals surface area contributed by atoms with Gasteiger partial charge < -0.3 is 20.5 Å². The lowest BCUT2D eigenvalue weighted by Crippen LogP contribution is -2.25. The maximum atomic E-state index is 13.2. The summed E-state index contributed by atoms with van der Waals surface area (Å²) in [5.74, 6) is -1.66. The van der Waals surface area contributed by atoms with Crippen LogP contribution in [0.2, 0.25) is 0 Å². The van der Waals surface area contributed by atoms with Crippen molar-refractivity contribution in [3.63, 3.8) is 0 Å². The summed E-state index contributed by atoms with van der Waals surface area (Å²) >= 11 is 0. The molecule has 22 heavy (non-hydrogen) atoms. The Labute approximate surface area is 122 Å². The quantitative estimate of drug-likeness (QED) is 0.836. The van der Waals surface area contributed by atoms with Gasteiger partial charge in [0.2, 0.25) is 0 Å². The molecular formula is C14H9F3N2O3. The van der Waals surface area contributed by atoms with Crippen LogP contribution in [-0.2, 0) is 0 Å². The van der Waals surface area contributed by atoms with E-state index >= 15 is 0 Å². The Kier molecular flexibility index (Phi) is 3.09. The summed E-state index contributed by atoms with van der Waals surface area (Å²) in [6, 6.07) is 7.09. The van der Waals surface area contributed by atoms with E-state index in [9.17, 15) is 18.0 Å². The number of carbonyl (C=O) groups excluding carboxylic acids is 1. The molecule has 0 bridgehead atoms. The molecule has 2 aromatic carbocycles. The van der Waals surface area contributed by atoms with E-state index in [4.69, 9.17) is 5.73 Å². The van der Waals surface area contributed by atoms with Crippen LogP contribution in [0, 0.1) is 5.82 Å². The highest BCUT2D eigenvalue weighted by atomic mass is 19.3. The molecule has 0 spiro atoms. The Morgan fingerprint density at radius 3 is 2.59 bits per heavy atom. The number of nitrogen functional groups attached to an aromatic ring is 1. The normalized spacial score (nSPS) is 14.7. The minimum atomic E-state index is -3.74. The molecular weight excluding hydrogens is 301 g/mol. The molecule has 0 radical (unpaired) electrons. The summed E-state index contributed by atoms with van der Waals surface area (Å²) in [6.07, 6.45) is -3.74. The number of fused-ring (bicyclic) bond motifs is 1. The Hall–Kier alpha value is -2.90. The molecule has 0 aliphatic carbocycles. The van der Waals surface area contributed by atoms with Gasteiger partial charge in [-0.2, -0.15) is 0 Å². The van der Waals surface area contributed by atoms with Crippen LogP contribution in [0.5, 0.6) is 11.5 Å². The molecule has 3 N–H and O–H groups in total. The fourth-order valence-corrected chi connectivity index (χ4v) is 1.95. The van der Waals surface area contributed by atoms with E-state index in [0.29, 0.717) is 0 Å². The molecule has 0 unspecified atom stereocenters. The number of nitrogens with two attached hydrogens (primary N) is 1. The first-order valence-corrected chi connectivity index (χ1v) is 6.10. The molecule has 0 saturated carbocycles. The predicted molar refractivity (Wildman–Crippen MR) is 71.4 cm³/mol. The molecule has 5 nitrogen and oxygen atoms in total. The van der Waals surface area contributed by atoms with Crippen LogP contribution in [0.3, 0.4) is 0 Å². The fraction of sp³-hybridized carbons (Fsp3) is 0.0714. The lowest BCUT2D eigenvalue weighted by Gasteiger charge is -2.08. The van der Waals surface area contributed by atoms with Crippen LogP contribution in [0.15, 0.2) is 36.4 Å². The Balaban J connectivity index is 1.83. The van der Waals surface area contributed by atoms with E-state index in [2.05, 4.69) is 14.8 Å². The number of hydrogen-bond donors (Lipinski definition) is 2. The summed E-state index contributed by atoms with van der Waals surface area (Å²) in [7, 11) is 0. The molecule has 1 aliphatic rings. The van der Waals surface area contributed by atoms with E-state index in [-0.39, 0.29) is 28.4 Å². The van der Waals surface area contributed by atoms with Gasteiger partial charge in [-0.15, -0.1) is 8.78 Å². The van der Waals surface area contributed by atoms with Crippen LogP contribution in [0.25, 0.3) is 0 Å². The minimum Gasteiger partial charge on any atom is -0.398 e. The van der Waals surface area contributed by atoms with Crippen molar-refractivity contribution in [2.75, 3.05) is 11.1 Å². The first-order valence-electron chi connectivity index (χ1n) is 6.10. The van der Waals surface area contributed by atoms with Gasteiger partial charge in [0, 0.05) is 17.4 Å². The van der Waals surface area contributed by atoms with Gasteiger partial charge in [-0.25, -0.2) is 4.39 Å². The van der Waals surface area contributed by atoms with Gasteiger partial charge >= 0.3 is 6.29 Å². The predicted octanol–water partition coefficient (Wildman–Crippen LogP) is 2.98. The number of carbonyl (C=O) groups is 1. The highest BCUT2D eigenvalue weighted by Gasteiger charge is 2.43. The summed E-state index contributed by atoms with van der Waals surface area (Å²) in [5, 5.41) is 2.42. The van der Waals surface area contributed by atoms with Crippen LogP contribution >= 0.6 is 0 Å². The van der Waals surface area contributed by atoms with Crippen LogP contribution < -0.4 is 20.5 Å². The van der Waals surface area contributed by atoms with Crippen molar-refractivity contribution >= 4 is 17.3 Å². The lowest BCUT2D eigenvalue weighted by molar-refractivity contribution is -0.286. The van der Waals surface area contributed by atoms with Gasteiger partial charge in [-0.05, 0) is 30.3 Å². The van der Waals surface area contributed by atoms with Gasteiger partial charge in [-0.3, -0.25) is 4.79 Å². The molecule has 2 aromatic rings. The second kappa shape index (κ2) is 4.83. The summed E-state index contributed by atoms with van der Waals surface area (Å²) in [4.78, 5) is 12.0. The SMILES string of the molecule is Nc1ccc(F)cc1C(=O)Nc1ccc2c(c1)OC(F)(F)O2. The van der Waals surface area contributed by atoms with Crippen molar-refractivity contribution in [3.05, 3.63) is 47.8 Å². The van der Waals surface area contributed by atoms with E-state index in [1.165, 1.54) is 24.3 Å². The molecule has 0 aromatic heterocycles. The zero-order chi connectivity index (χ0) is 15.9. The van der Waals surface area contributed by atoms with Crippen LogP contribution in [0.1, 0.15) is 10.4 Å². The van der Waals surface area contributed by atoms with Crippen LogP contribution in [-0.4, -0.2) is 12.2 Å². The maximum Gasteiger partial charge on any atom is 0.586 e. The summed E-state index contributed by atoms with van der Waals surface area (Å²) < 4.78 is 47.5. The average molecular weight is 310 g/mol. The van der Waals surface area contributed by atoms with E-state index in [1.54, 1.807) is 0 Å². The third-order valence-electron chi connectivity index (χ3n) is 2.92. The first-order chi connectivity index (χ1) is 10.3. The standard InChI is InChI=1S/C14H9F3N2O3/c15-7-1-3-10(18)9(5-7)13(20)19-8-2-4-11-12(6-8)22-14(16,17)21-11/h1-6H,18H2,(H,19,20). The number of halogens is 3. The van der Waals surface area contributed by atoms with Gasteiger partial charge in [0.25, 0.3) is 5.91 Å². The second-order valence-electron chi connectivity index (χ2n) is 4.51. The summed E-state index contributed by atoms with van der Waals surface area (Å²) in [6.45, 7) is 0. The topological polar surface area (TPSA) is 73.6 Å². The third kappa shape index (κ3) is 2.62.